The van der Waals surface area contributed by atoms with Crippen molar-refractivity contribution in [1.29, 1.82) is 0 Å². The van der Waals surface area contributed by atoms with E-state index in [9.17, 15) is 5.11 Å². The highest BCUT2D eigenvalue weighted by molar-refractivity contribution is 5.61. The van der Waals surface area contributed by atoms with Crippen LogP contribution in [0.2, 0.25) is 0 Å². The topological polar surface area (TPSA) is 72.4 Å². The lowest BCUT2D eigenvalue weighted by molar-refractivity contribution is -0.0328. The van der Waals surface area contributed by atoms with Crippen molar-refractivity contribution in [3.8, 4) is 11.5 Å². The van der Waals surface area contributed by atoms with Crippen LogP contribution in [-0.4, -0.2) is 70.9 Å². The molecule has 174 valence electrons. The van der Waals surface area contributed by atoms with E-state index in [4.69, 9.17) is 18.9 Å². The third kappa shape index (κ3) is 5.35. The van der Waals surface area contributed by atoms with Gasteiger partial charge < -0.3 is 34.3 Å². The summed E-state index contributed by atoms with van der Waals surface area (Å²) in [6.07, 6.45) is 0.346. The number of hydrogen-bond donors (Lipinski definition) is 2. The summed E-state index contributed by atoms with van der Waals surface area (Å²) in [6, 6.07) is 14.2. The molecule has 7 heteroatoms. The van der Waals surface area contributed by atoms with E-state index in [2.05, 4.69) is 22.3 Å². The van der Waals surface area contributed by atoms with E-state index in [0.29, 0.717) is 26.3 Å². The molecule has 0 saturated carbocycles. The Morgan fingerprint density at radius 2 is 1.97 bits per heavy atom. The number of piperidine rings is 1. The average Bonchev–Trinajstić information content (AvgIpc) is 2.83. The molecule has 0 unspecified atom stereocenters. The van der Waals surface area contributed by atoms with Crippen LogP contribution in [0.15, 0.2) is 42.5 Å². The molecule has 3 atom stereocenters. The second kappa shape index (κ2) is 11.0. The fourth-order valence-corrected chi connectivity index (χ4v) is 4.54. The van der Waals surface area contributed by atoms with E-state index < -0.39 is 6.10 Å². The molecule has 0 radical (unpaired) electrons. The van der Waals surface area contributed by atoms with Crippen LogP contribution >= 0.6 is 0 Å². The van der Waals surface area contributed by atoms with Crippen LogP contribution in [0.5, 0.6) is 11.5 Å². The molecule has 2 N–H and O–H groups in total. The summed E-state index contributed by atoms with van der Waals surface area (Å²) in [5.74, 6) is 1.64. The van der Waals surface area contributed by atoms with Gasteiger partial charge in [0.15, 0.2) is 0 Å². The van der Waals surface area contributed by atoms with Gasteiger partial charge in [-0.15, -0.1) is 0 Å². The largest absolute Gasteiger partial charge is 0.497 e. The number of rotatable bonds is 9. The highest BCUT2D eigenvalue weighted by Gasteiger charge is 2.34. The average molecular weight is 443 g/mol. The van der Waals surface area contributed by atoms with Crippen LogP contribution in [-0.2, 0) is 16.1 Å². The molecule has 0 aliphatic carbocycles. The third-order valence-corrected chi connectivity index (χ3v) is 6.24. The Morgan fingerprint density at radius 3 is 2.75 bits per heavy atom. The van der Waals surface area contributed by atoms with Gasteiger partial charge in [0.05, 0.1) is 38.2 Å². The Bertz CT molecular complexity index is 860. The molecule has 2 aliphatic rings. The zero-order chi connectivity index (χ0) is 22.3. The van der Waals surface area contributed by atoms with Crippen LogP contribution in [0.25, 0.3) is 0 Å². The number of fused-ring (bicyclic) bond motifs is 1. The van der Waals surface area contributed by atoms with Crippen molar-refractivity contribution in [2.45, 2.75) is 31.2 Å². The quantitative estimate of drug-likeness (QED) is 0.579. The molecule has 0 spiro atoms. The number of aliphatic hydroxyl groups is 1. The molecule has 0 amide bonds. The van der Waals surface area contributed by atoms with Gasteiger partial charge in [-0.3, -0.25) is 0 Å². The van der Waals surface area contributed by atoms with Crippen molar-refractivity contribution in [2.24, 2.45) is 0 Å². The molecule has 2 aromatic carbocycles. The summed E-state index contributed by atoms with van der Waals surface area (Å²) in [5, 5.41) is 14.0. The molecule has 7 nitrogen and oxygen atoms in total. The second-order valence-corrected chi connectivity index (χ2v) is 8.36. The van der Waals surface area contributed by atoms with Crippen molar-refractivity contribution in [2.75, 3.05) is 58.5 Å². The van der Waals surface area contributed by atoms with Gasteiger partial charge in [-0.05, 0) is 41.8 Å². The predicted molar refractivity (Wildman–Crippen MR) is 124 cm³/mol. The fraction of sp³-hybridized carbons (Fsp3) is 0.520. The summed E-state index contributed by atoms with van der Waals surface area (Å²) in [6.45, 7) is 5.00. The summed E-state index contributed by atoms with van der Waals surface area (Å²) in [5.41, 5.74) is 3.27. The molecule has 0 bridgehead atoms. The number of nitrogens with one attached hydrogen (secondary N) is 1. The fourth-order valence-electron chi connectivity index (χ4n) is 4.54. The Hall–Kier alpha value is -2.32. The zero-order valence-electron chi connectivity index (χ0n) is 19.0. The predicted octanol–water partition coefficient (Wildman–Crippen LogP) is 2.56. The third-order valence-electron chi connectivity index (χ3n) is 6.24. The molecule has 2 heterocycles. The summed E-state index contributed by atoms with van der Waals surface area (Å²) in [4.78, 5) is 2.35. The van der Waals surface area contributed by atoms with Gasteiger partial charge in [0.25, 0.3) is 0 Å². The van der Waals surface area contributed by atoms with Crippen LogP contribution in [0, 0.1) is 0 Å². The molecule has 1 fully saturated rings. The summed E-state index contributed by atoms with van der Waals surface area (Å²) in [7, 11) is 3.39. The maximum absolute atomic E-state index is 10.7. The number of β-amino-alcohol motifs (C(OH)–C–C–N with tert-alkyl or cyclic N) is 1. The smallest absolute Gasteiger partial charge is 0.142 e. The highest BCUT2D eigenvalue weighted by Crippen LogP contribution is 2.34. The Kier molecular flexibility index (Phi) is 7.86. The molecule has 4 rings (SSSR count). The molecular weight excluding hydrogens is 408 g/mol. The Balaban J connectivity index is 1.45. The molecular formula is C25H34N2O5. The van der Waals surface area contributed by atoms with Crippen molar-refractivity contribution in [1.82, 2.24) is 5.32 Å². The van der Waals surface area contributed by atoms with Crippen LogP contribution in [0.4, 0.5) is 5.69 Å². The highest BCUT2D eigenvalue weighted by atomic mass is 16.5. The first-order valence-electron chi connectivity index (χ1n) is 11.3. The number of ether oxygens (including phenoxy) is 4. The van der Waals surface area contributed by atoms with Gasteiger partial charge in [-0.25, -0.2) is 0 Å². The molecule has 2 aliphatic heterocycles. The number of anilines is 1. The van der Waals surface area contributed by atoms with Gasteiger partial charge in [0.2, 0.25) is 0 Å². The minimum Gasteiger partial charge on any atom is -0.497 e. The van der Waals surface area contributed by atoms with Crippen molar-refractivity contribution in [3.63, 3.8) is 0 Å². The first kappa shape index (κ1) is 22.9. The van der Waals surface area contributed by atoms with E-state index in [0.717, 1.165) is 54.4 Å². The number of methoxy groups -OCH3 is 2. The normalized spacial score (nSPS) is 22.8. The van der Waals surface area contributed by atoms with Gasteiger partial charge in [-0.2, -0.15) is 0 Å². The number of aliphatic hydroxyl groups excluding tert-OH is 1. The lowest BCUT2D eigenvalue weighted by atomic mass is 9.85. The van der Waals surface area contributed by atoms with E-state index >= 15 is 0 Å². The van der Waals surface area contributed by atoms with E-state index in [1.165, 1.54) is 0 Å². The van der Waals surface area contributed by atoms with Crippen molar-refractivity contribution < 1.29 is 24.1 Å². The lowest BCUT2D eigenvalue weighted by Crippen LogP contribution is -2.49. The van der Waals surface area contributed by atoms with Gasteiger partial charge in [-0.1, -0.05) is 18.2 Å². The van der Waals surface area contributed by atoms with E-state index in [1.54, 1.807) is 14.2 Å². The number of benzene rings is 2. The molecule has 0 aromatic heterocycles. The first-order valence-corrected chi connectivity index (χ1v) is 11.3. The summed E-state index contributed by atoms with van der Waals surface area (Å²) >= 11 is 0. The molecule has 2 aromatic rings. The minimum atomic E-state index is -0.504. The lowest BCUT2D eigenvalue weighted by Gasteiger charge is -2.36. The standard InChI is InChI=1S/C25H34N2O5/c1-29-12-3-10-27-11-13-31-23-9-4-18(14-21(23)27)17-32-24-16-26-15-22(28)25(24)19-5-7-20(30-2)8-6-19/h4-9,14,22,24-26,28H,3,10-13,15-17H2,1-2H3/t22-,24+,25+/m1/s1. The van der Waals surface area contributed by atoms with Gasteiger partial charge in [0, 0.05) is 39.3 Å². The Morgan fingerprint density at radius 1 is 1.12 bits per heavy atom. The number of nitrogens with zero attached hydrogens (tertiary/aromatic N) is 1. The Labute approximate surface area is 190 Å². The minimum absolute atomic E-state index is 0.0892. The SMILES string of the molecule is COCCCN1CCOc2ccc(CO[C@H]3CNC[C@@H](O)[C@@H]3c3ccc(OC)cc3)cc21. The van der Waals surface area contributed by atoms with Crippen molar-refractivity contribution in [3.05, 3.63) is 53.6 Å². The molecule has 32 heavy (non-hydrogen) atoms. The first-order chi connectivity index (χ1) is 15.7. The second-order valence-electron chi connectivity index (χ2n) is 8.36. The zero-order valence-corrected chi connectivity index (χ0v) is 19.0. The number of hydrogen-bond acceptors (Lipinski definition) is 7. The van der Waals surface area contributed by atoms with Gasteiger partial charge in [0.1, 0.15) is 18.1 Å². The van der Waals surface area contributed by atoms with E-state index in [1.807, 2.05) is 30.3 Å². The van der Waals surface area contributed by atoms with Crippen LogP contribution in [0.3, 0.4) is 0 Å². The maximum atomic E-state index is 10.7. The maximum Gasteiger partial charge on any atom is 0.142 e. The van der Waals surface area contributed by atoms with Crippen LogP contribution in [0.1, 0.15) is 23.5 Å². The van der Waals surface area contributed by atoms with Crippen molar-refractivity contribution >= 4 is 5.69 Å². The molecule has 1 saturated heterocycles. The van der Waals surface area contributed by atoms with Gasteiger partial charge >= 0.3 is 0 Å². The monoisotopic (exact) mass is 442 g/mol. The van der Waals surface area contributed by atoms with E-state index in [-0.39, 0.29) is 12.0 Å². The van der Waals surface area contributed by atoms with Crippen LogP contribution < -0.4 is 19.7 Å². The summed E-state index contributed by atoms with van der Waals surface area (Å²) < 4.78 is 22.7.